The normalized spacial score (nSPS) is 19.4. The number of nitrogens with zero attached hydrogens (tertiary/aromatic N) is 2. The fourth-order valence-electron chi connectivity index (χ4n) is 2.68. The average molecular weight is 300 g/mol. The van der Waals surface area contributed by atoms with Gasteiger partial charge in [0.15, 0.2) is 0 Å². The molecule has 0 saturated carbocycles. The molecule has 0 amide bonds. The van der Waals surface area contributed by atoms with E-state index in [4.69, 9.17) is 5.73 Å². The lowest BCUT2D eigenvalue weighted by Crippen LogP contribution is -2.44. The standard InChI is InChI=1S/C14H21N3O2.ClH/c15-11-14-3-1-2-9-16(14)10-8-12-4-6-13(7-5-12)17(18)19;/h4-7,14H,1-3,8-11,15H2;1H. The predicted molar refractivity (Wildman–Crippen MR) is 82.3 cm³/mol. The smallest absolute Gasteiger partial charge is 0.269 e. The summed E-state index contributed by atoms with van der Waals surface area (Å²) in [5.74, 6) is 0. The van der Waals surface area contributed by atoms with Gasteiger partial charge in [-0.1, -0.05) is 18.6 Å². The van der Waals surface area contributed by atoms with Crippen molar-refractivity contribution in [2.75, 3.05) is 19.6 Å². The zero-order chi connectivity index (χ0) is 13.7. The summed E-state index contributed by atoms with van der Waals surface area (Å²) in [5.41, 5.74) is 7.10. The van der Waals surface area contributed by atoms with Gasteiger partial charge >= 0.3 is 0 Å². The third kappa shape index (κ3) is 4.44. The number of halogens is 1. The molecule has 1 aromatic rings. The van der Waals surface area contributed by atoms with E-state index in [9.17, 15) is 10.1 Å². The molecule has 1 unspecified atom stereocenters. The number of non-ortho nitro benzene ring substituents is 1. The zero-order valence-electron chi connectivity index (χ0n) is 11.5. The van der Waals surface area contributed by atoms with Crippen LogP contribution in [0.4, 0.5) is 5.69 Å². The van der Waals surface area contributed by atoms with Crippen molar-refractivity contribution in [1.29, 1.82) is 0 Å². The molecule has 0 spiro atoms. The Morgan fingerprint density at radius 2 is 2.00 bits per heavy atom. The van der Waals surface area contributed by atoms with Crippen molar-refractivity contribution in [2.24, 2.45) is 5.73 Å². The highest BCUT2D eigenvalue weighted by Crippen LogP contribution is 2.17. The monoisotopic (exact) mass is 299 g/mol. The molecule has 1 aliphatic rings. The maximum Gasteiger partial charge on any atom is 0.269 e. The average Bonchev–Trinajstić information content (AvgIpc) is 2.45. The summed E-state index contributed by atoms with van der Waals surface area (Å²) < 4.78 is 0. The van der Waals surface area contributed by atoms with E-state index in [2.05, 4.69) is 4.90 Å². The molecule has 0 radical (unpaired) electrons. The SMILES string of the molecule is Cl.NCC1CCCCN1CCc1ccc([N+](=O)[O-])cc1. The number of piperidine rings is 1. The van der Waals surface area contributed by atoms with Gasteiger partial charge in [0.05, 0.1) is 4.92 Å². The molecule has 0 aliphatic carbocycles. The van der Waals surface area contributed by atoms with E-state index in [0.29, 0.717) is 6.04 Å². The molecule has 1 atom stereocenters. The summed E-state index contributed by atoms with van der Waals surface area (Å²) in [5, 5.41) is 10.6. The van der Waals surface area contributed by atoms with Crippen molar-refractivity contribution >= 4 is 18.1 Å². The molecule has 0 aromatic heterocycles. The second kappa shape index (κ2) is 8.19. The maximum atomic E-state index is 10.6. The summed E-state index contributed by atoms with van der Waals surface area (Å²) in [7, 11) is 0. The summed E-state index contributed by atoms with van der Waals surface area (Å²) in [6.45, 7) is 2.83. The maximum absolute atomic E-state index is 10.6. The predicted octanol–water partition coefficient (Wildman–Crippen LogP) is 2.37. The molecule has 1 saturated heterocycles. The molecule has 20 heavy (non-hydrogen) atoms. The summed E-state index contributed by atoms with van der Waals surface area (Å²) in [6.07, 6.45) is 4.64. The Bertz CT molecular complexity index is 425. The molecule has 112 valence electrons. The number of nitro groups is 1. The second-order valence-electron chi connectivity index (χ2n) is 5.09. The quantitative estimate of drug-likeness (QED) is 0.669. The van der Waals surface area contributed by atoms with E-state index in [1.165, 1.54) is 19.3 Å². The van der Waals surface area contributed by atoms with Crippen molar-refractivity contribution in [3.05, 3.63) is 39.9 Å². The Kier molecular flexibility index (Phi) is 6.91. The third-order valence-electron chi connectivity index (χ3n) is 3.86. The van der Waals surface area contributed by atoms with Gasteiger partial charge in [-0.2, -0.15) is 0 Å². The van der Waals surface area contributed by atoms with Gasteiger partial charge in [-0.3, -0.25) is 15.0 Å². The number of nitrogens with two attached hydrogens (primary N) is 1. The first-order chi connectivity index (χ1) is 9.20. The van der Waals surface area contributed by atoms with E-state index < -0.39 is 0 Å². The minimum Gasteiger partial charge on any atom is -0.329 e. The molecule has 1 heterocycles. The van der Waals surface area contributed by atoms with Crippen LogP contribution in [0.2, 0.25) is 0 Å². The lowest BCUT2D eigenvalue weighted by Gasteiger charge is -2.34. The number of hydrogen-bond acceptors (Lipinski definition) is 4. The zero-order valence-corrected chi connectivity index (χ0v) is 12.3. The fourth-order valence-corrected chi connectivity index (χ4v) is 2.68. The van der Waals surface area contributed by atoms with Crippen LogP contribution in [0, 0.1) is 10.1 Å². The number of likely N-dealkylation sites (tertiary alicyclic amines) is 1. The first-order valence-corrected chi connectivity index (χ1v) is 6.88. The fraction of sp³-hybridized carbons (Fsp3) is 0.571. The highest BCUT2D eigenvalue weighted by molar-refractivity contribution is 5.85. The lowest BCUT2D eigenvalue weighted by molar-refractivity contribution is -0.384. The second-order valence-corrected chi connectivity index (χ2v) is 5.09. The molecular weight excluding hydrogens is 278 g/mol. The highest BCUT2D eigenvalue weighted by atomic mass is 35.5. The van der Waals surface area contributed by atoms with Crippen molar-refractivity contribution in [2.45, 2.75) is 31.7 Å². The van der Waals surface area contributed by atoms with Crippen LogP contribution in [0.15, 0.2) is 24.3 Å². The van der Waals surface area contributed by atoms with Crippen molar-refractivity contribution in [1.82, 2.24) is 4.90 Å². The van der Waals surface area contributed by atoms with Crippen molar-refractivity contribution in [3.8, 4) is 0 Å². The van der Waals surface area contributed by atoms with E-state index in [0.717, 1.165) is 31.6 Å². The van der Waals surface area contributed by atoms with E-state index in [-0.39, 0.29) is 23.0 Å². The molecule has 5 nitrogen and oxygen atoms in total. The minimum absolute atomic E-state index is 0. The first-order valence-electron chi connectivity index (χ1n) is 6.88. The first kappa shape index (κ1) is 16.9. The molecule has 6 heteroatoms. The molecule has 2 N–H and O–H groups in total. The van der Waals surface area contributed by atoms with Gasteiger partial charge in [-0.15, -0.1) is 12.4 Å². The summed E-state index contributed by atoms with van der Waals surface area (Å²) in [4.78, 5) is 12.7. The van der Waals surface area contributed by atoms with Crippen molar-refractivity contribution < 1.29 is 4.92 Å². The van der Waals surface area contributed by atoms with E-state index in [1.807, 2.05) is 12.1 Å². The Morgan fingerprint density at radius 1 is 1.30 bits per heavy atom. The van der Waals surface area contributed by atoms with Crippen LogP contribution in [0.25, 0.3) is 0 Å². The number of nitro benzene ring substituents is 1. The van der Waals surface area contributed by atoms with Crippen LogP contribution < -0.4 is 5.73 Å². The highest BCUT2D eigenvalue weighted by Gasteiger charge is 2.20. The Balaban J connectivity index is 0.00000200. The lowest BCUT2D eigenvalue weighted by atomic mass is 10.0. The molecule has 1 aliphatic heterocycles. The minimum atomic E-state index is -0.362. The van der Waals surface area contributed by atoms with Crippen LogP contribution in [-0.4, -0.2) is 35.5 Å². The van der Waals surface area contributed by atoms with Gasteiger partial charge in [0.25, 0.3) is 5.69 Å². The van der Waals surface area contributed by atoms with Gasteiger partial charge in [0.2, 0.25) is 0 Å². The Labute approximate surface area is 125 Å². The van der Waals surface area contributed by atoms with Crippen LogP contribution in [0.1, 0.15) is 24.8 Å². The van der Waals surface area contributed by atoms with Gasteiger partial charge < -0.3 is 5.73 Å². The van der Waals surface area contributed by atoms with Gasteiger partial charge in [0, 0.05) is 31.3 Å². The number of hydrogen-bond donors (Lipinski definition) is 1. The molecule has 2 rings (SSSR count). The third-order valence-corrected chi connectivity index (χ3v) is 3.86. The molecule has 1 aromatic carbocycles. The summed E-state index contributed by atoms with van der Waals surface area (Å²) >= 11 is 0. The number of rotatable bonds is 5. The van der Waals surface area contributed by atoms with Crippen molar-refractivity contribution in [3.63, 3.8) is 0 Å². The van der Waals surface area contributed by atoms with Gasteiger partial charge in [-0.05, 0) is 31.4 Å². The van der Waals surface area contributed by atoms with E-state index in [1.54, 1.807) is 12.1 Å². The topological polar surface area (TPSA) is 72.4 Å². The van der Waals surface area contributed by atoms with E-state index >= 15 is 0 Å². The Hall–Kier alpha value is -1.17. The van der Waals surface area contributed by atoms with Gasteiger partial charge in [-0.25, -0.2) is 0 Å². The van der Waals surface area contributed by atoms with Crippen LogP contribution in [-0.2, 0) is 6.42 Å². The molecule has 0 bridgehead atoms. The van der Waals surface area contributed by atoms with Gasteiger partial charge in [0.1, 0.15) is 0 Å². The Morgan fingerprint density at radius 3 is 2.60 bits per heavy atom. The van der Waals surface area contributed by atoms with Crippen LogP contribution in [0.3, 0.4) is 0 Å². The number of benzene rings is 1. The summed E-state index contributed by atoms with van der Waals surface area (Å²) in [6, 6.07) is 7.35. The van der Waals surface area contributed by atoms with Crippen LogP contribution in [0.5, 0.6) is 0 Å². The molecule has 1 fully saturated rings. The van der Waals surface area contributed by atoms with Crippen LogP contribution >= 0.6 is 12.4 Å². The largest absolute Gasteiger partial charge is 0.329 e. The molecular formula is C14H22ClN3O2.